The summed E-state index contributed by atoms with van der Waals surface area (Å²) < 4.78 is 28.5. The summed E-state index contributed by atoms with van der Waals surface area (Å²) in [4.78, 5) is 14.0. The van der Waals surface area contributed by atoms with Gasteiger partial charge in [-0.25, -0.2) is 0 Å². The Morgan fingerprint density at radius 1 is 1.15 bits per heavy atom. The maximum Gasteiger partial charge on any atom is 0.387 e. The molecule has 0 spiro atoms. The molecule has 0 fully saturated rings. The summed E-state index contributed by atoms with van der Waals surface area (Å²) in [7, 11) is 1.89. The molecule has 0 saturated heterocycles. The lowest BCUT2D eigenvalue weighted by molar-refractivity contribution is -0.119. The monoisotopic (exact) mass is 362 g/mol. The molecule has 0 saturated carbocycles. The fourth-order valence-corrected chi connectivity index (χ4v) is 2.77. The largest absolute Gasteiger partial charge is 0.435 e. The average molecular weight is 362 g/mol. The summed E-state index contributed by atoms with van der Waals surface area (Å²) in [6.45, 7) is 1.99. The summed E-state index contributed by atoms with van der Waals surface area (Å²) >= 11 is 0. The number of anilines is 1. The predicted octanol–water partition coefficient (Wildman–Crippen LogP) is 3.70. The summed E-state index contributed by atoms with van der Waals surface area (Å²) in [5.41, 5.74) is 4.29. The Morgan fingerprint density at radius 2 is 1.85 bits per heavy atom. The van der Waals surface area contributed by atoms with Crippen LogP contribution in [0.5, 0.6) is 5.75 Å². The second-order valence-corrected chi connectivity index (χ2v) is 6.27. The van der Waals surface area contributed by atoms with E-state index in [-0.39, 0.29) is 18.2 Å². The molecule has 140 valence electrons. The van der Waals surface area contributed by atoms with Gasteiger partial charge >= 0.3 is 6.61 Å². The first-order valence-corrected chi connectivity index (χ1v) is 8.44. The first-order valence-electron chi connectivity index (χ1n) is 8.44. The predicted molar refractivity (Wildman–Crippen MR) is 99.0 cm³/mol. The molecule has 0 radical (unpaired) electrons. The number of carbonyl (C=O) groups is 1. The van der Waals surface area contributed by atoms with Crippen molar-refractivity contribution in [3.8, 4) is 5.75 Å². The number of nitrogens with zero attached hydrogens (tertiary/aromatic N) is 1. The van der Waals surface area contributed by atoms with Gasteiger partial charge in [0.05, 0.1) is 6.54 Å². The molecular weight excluding hydrogens is 338 g/mol. The van der Waals surface area contributed by atoms with Crippen LogP contribution < -0.4 is 15.0 Å². The Balaban J connectivity index is 1.78. The van der Waals surface area contributed by atoms with E-state index in [2.05, 4.69) is 16.1 Å². The van der Waals surface area contributed by atoms with Crippen LogP contribution in [0.3, 0.4) is 0 Å². The van der Waals surface area contributed by atoms with Gasteiger partial charge in [-0.15, -0.1) is 0 Å². The van der Waals surface area contributed by atoms with Crippen LogP contribution in [0.15, 0.2) is 42.5 Å². The molecule has 4 nitrogen and oxygen atoms in total. The Labute approximate surface area is 152 Å². The third-order valence-electron chi connectivity index (χ3n) is 4.03. The number of hydrogen-bond donors (Lipinski definition) is 1. The first kappa shape index (κ1) is 19.7. The quantitative estimate of drug-likeness (QED) is 0.779. The summed E-state index contributed by atoms with van der Waals surface area (Å²) in [6.07, 6.45) is 0.619. The van der Waals surface area contributed by atoms with Gasteiger partial charge in [0.25, 0.3) is 0 Å². The van der Waals surface area contributed by atoms with Crippen LogP contribution in [0.25, 0.3) is 0 Å². The fraction of sp³-hybridized carbons (Fsp3) is 0.350. The van der Waals surface area contributed by atoms with E-state index in [4.69, 9.17) is 0 Å². The second kappa shape index (κ2) is 9.17. The van der Waals surface area contributed by atoms with Gasteiger partial charge in [-0.1, -0.05) is 29.8 Å². The van der Waals surface area contributed by atoms with E-state index in [9.17, 15) is 13.6 Å². The number of nitrogens with one attached hydrogen (secondary N) is 1. The topological polar surface area (TPSA) is 41.6 Å². The highest BCUT2D eigenvalue weighted by molar-refractivity contribution is 5.81. The number of alkyl halides is 2. The third-order valence-corrected chi connectivity index (χ3v) is 4.03. The smallest absolute Gasteiger partial charge is 0.387 e. The molecule has 2 rings (SSSR count). The van der Waals surface area contributed by atoms with Crippen LogP contribution in [-0.2, 0) is 11.2 Å². The highest BCUT2D eigenvalue weighted by Gasteiger charge is 2.09. The SMILES string of the molecule is Cc1ccc(N(C)CC(=O)NCCc2ccc(OC(F)F)cc2)c(C)c1. The van der Waals surface area contributed by atoms with E-state index in [1.165, 1.54) is 17.7 Å². The second-order valence-electron chi connectivity index (χ2n) is 6.27. The van der Waals surface area contributed by atoms with Crippen LogP contribution in [0, 0.1) is 13.8 Å². The average Bonchev–Trinajstić information content (AvgIpc) is 2.55. The van der Waals surface area contributed by atoms with E-state index >= 15 is 0 Å². The molecule has 2 aromatic rings. The lowest BCUT2D eigenvalue weighted by Gasteiger charge is -2.21. The Bertz CT molecular complexity index is 733. The van der Waals surface area contributed by atoms with Gasteiger partial charge in [0, 0.05) is 19.3 Å². The number of hydrogen-bond acceptors (Lipinski definition) is 3. The van der Waals surface area contributed by atoms with Crippen molar-refractivity contribution >= 4 is 11.6 Å². The highest BCUT2D eigenvalue weighted by Crippen LogP contribution is 2.19. The number of ether oxygens (including phenoxy) is 1. The van der Waals surface area contributed by atoms with Crippen molar-refractivity contribution in [2.24, 2.45) is 0 Å². The number of rotatable bonds is 8. The van der Waals surface area contributed by atoms with Gasteiger partial charge in [-0.2, -0.15) is 8.78 Å². The van der Waals surface area contributed by atoms with E-state index < -0.39 is 6.61 Å². The number of likely N-dealkylation sites (N-methyl/N-ethyl adjacent to an activating group) is 1. The zero-order valence-corrected chi connectivity index (χ0v) is 15.3. The van der Waals surface area contributed by atoms with Crippen LogP contribution >= 0.6 is 0 Å². The summed E-state index contributed by atoms with van der Waals surface area (Å²) in [6, 6.07) is 12.6. The number of benzene rings is 2. The van der Waals surface area contributed by atoms with Crippen molar-refractivity contribution in [2.75, 3.05) is 25.0 Å². The van der Waals surface area contributed by atoms with Crippen LogP contribution in [0.1, 0.15) is 16.7 Å². The van der Waals surface area contributed by atoms with E-state index in [0.717, 1.165) is 16.8 Å². The minimum atomic E-state index is -2.82. The molecule has 6 heteroatoms. The molecule has 0 aliphatic rings. The zero-order valence-electron chi connectivity index (χ0n) is 15.3. The van der Waals surface area contributed by atoms with Gasteiger partial charge in [0.1, 0.15) is 5.75 Å². The van der Waals surface area contributed by atoms with Gasteiger partial charge in [-0.3, -0.25) is 4.79 Å². The lowest BCUT2D eigenvalue weighted by Crippen LogP contribution is -2.36. The van der Waals surface area contributed by atoms with Crippen molar-refractivity contribution in [1.82, 2.24) is 5.32 Å². The van der Waals surface area contributed by atoms with Crippen LogP contribution in [0.2, 0.25) is 0 Å². The Hall–Kier alpha value is -2.63. The van der Waals surface area contributed by atoms with Crippen LogP contribution in [0.4, 0.5) is 14.5 Å². The molecule has 1 N–H and O–H groups in total. The normalized spacial score (nSPS) is 10.7. The molecule has 0 aliphatic heterocycles. The van der Waals surface area contributed by atoms with E-state index in [1.807, 2.05) is 37.9 Å². The van der Waals surface area contributed by atoms with E-state index in [1.54, 1.807) is 12.1 Å². The Kier molecular flexibility index (Phi) is 6.95. The van der Waals surface area contributed by atoms with Gasteiger partial charge < -0.3 is 15.0 Å². The summed E-state index contributed by atoms with van der Waals surface area (Å²) in [5, 5.41) is 2.88. The molecule has 26 heavy (non-hydrogen) atoms. The summed E-state index contributed by atoms with van der Waals surface area (Å²) in [5.74, 6) is 0.0630. The molecule has 0 atom stereocenters. The van der Waals surface area contributed by atoms with Gasteiger partial charge in [0.15, 0.2) is 0 Å². The first-order chi connectivity index (χ1) is 12.3. The fourth-order valence-electron chi connectivity index (χ4n) is 2.77. The molecule has 2 aromatic carbocycles. The Morgan fingerprint density at radius 3 is 2.46 bits per heavy atom. The minimum absolute atomic E-state index is 0.0647. The highest BCUT2D eigenvalue weighted by atomic mass is 19.3. The van der Waals surface area contributed by atoms with Crippen LogP contribution in [-0.4, -0.2) is 32.7 Å². The molecule has 0 unspecified atom stereocenters. The molecule has 0 heterocycles. The minimum Gasteiger partial charge on any atom is -0.435 e. The van der Waals surface area contributed by atoms with Gasteiger partial charge in [-0.05, 0) is 49.6 Å². The molecular formula is C20H24F2N2O2. The van der Waals surface area contributed by atoms with Crippen molar-refractivity contribution < 1.29 is 18.3 Å². The maximum absolute atomic E-state index is 12.1. The number of aryl methyl sites for hydroxylation is 2. The standard InChI is InChI=1S/C20H24F2N2O2/c1-14-4-9-18(15(2)12-14)24(3)13-19(25)23-11-10-16-5-7-17(8-6-16)26-20(21)22/h4-9,12,20H,10-11,13H2,1-3H3,(H,23,25). The lowest BCUT2D eigenvalue weighted by atomic mass is 10.1. The maximum atomic E-state index is 12.1. The van der Waals surface area contributed by atoms with Crippen molar-refractivity contribution in [3.05, 3.63) is 59.2 Å². The van der Waals surface area contributed by atoms with Crippen molar-refractivity contribution in [1.29, 1.82) is 0 Å². The zero-order chi connectivity index (χ0) is 19.1. The molecule has 1 amide bonds. The number of amides is 1. The molecule has 0 aliphatic carbocycles. The molecule has 0 bridgehead atoms. The van der Waals surface area contributed by atoms with E-state index in [0.29, 0.717) is 13.0 Å². The van der Waals surface area contributed by atoms with Gasteiger partial charge in [0.2, 0.25) is 5.91 Å². The number of halogens is 2. The van der Waals surface area contributed by atoms with Crippen molar-refractivity contribution in [2.45, 2.75) is 26.9 Å². The number of carbonyl (C=O) groups excluding carboxylic acids is 1. The third kappa shape index (κ3) is 6.02. The van der Waals surface area contributed by atoms with Crippen molar-refractivity contribution in [3.63, 3.8) is 0 Å². The molecule has 0 aromatic heterocycles.